The molecule has 7 amide bonds. The van der Waals surface area contributed by atoms with Crippen molar-refractivity contribution in [1.82, 2.24) is 41.5 Å². The molecule has 15 unspecified atom stereocenters. The number of ether oxygens (including phenoxy) is 1. The molecule has 424 valence electrons. The number of carbonyl (C=O) groups is 8. The van der Waals surface area contributed by atoms with Gasteiger partial charge in [0.25, 0.3) is 5.91 Å². The van der Waals surface area contributed by atoms with Crippen molar-refractivity contribution in [3.8, 4) is 0 Å². The van der Waals surface area contributed by atoms with Crippen molar-refractivity contribution in [1.29, 1.82) is 0 Å². The van der Waals surface area contributed by atoms with Gasteiger partial charge in [-0.1, -0.05) is 112 Å². The van der Waals surface area contributed by atoms with Crippen LogP contribution in [0.1, 0.15) is 101 Å². The van der Waals surface area contributed by atoms with Crippen LogP contribution >= 0.6 is 11.6 Å². The summed E-state index contributed by atoms with van der Waals surface area (Å²) in [6.45, 7) is 8.27. The lowest BCUT2D eigenvalue weighted by atomic mass is 9.91. The first-order chi connectivity index (χ1) is 37.6. The van der Waals surface area contributed by atoms with Gasteiger partial charge in [0.05, 0.1) is 0 Å². The lowest BCUT2D eigenvalue weighted by molar-refractivity contribution is -0.498. The van der Waals surface area contributed by atoms with Gasteiger partial charge in [-0.2, -0.15) is 4.73 Å². The number of nitro groups is 2. The molecule has 1 aromatic heterocycles. The number of aromatic nitrogens is 1. The van der Waals surface area contributed by atoms with Crippen molar-refractivity contribution < 1.29 is 58.1 Å². The minimum absolute atomic E-state index is 0.000414. The summed E-state index contributed by atoms with van der Waals surface area (Å²) < 4.78 is 6.40. The molecular formula is C54H67ClN10O14. The summed E-state index contributed by atoms with van der Waals surface area (Å²) in [6, 6.07) is 6.71. The number of hydrogen-bond acceptors (Lipinski definition) is 14. The van der Waals surface area contributed by atoms with Gasteiger partial charge in [0.15, 0.2) is 0 Å². The second-order valence-electron chi connectivity index (χ2n) is 21.1. The van der Waals surface area contributed by atoms with Crippen LogP contribution in [0.4, 0.5) is 0 Å². The van der Waals surface area contributed by atoms with Crippen LogP contribution in [0, 0.1) is 43.9 Å². The molecule has 0 spiro atoms. The van der Waals surface area contributed by atoms with Crippen LogP contribution in [-0.2, 0) is 44.7 Å². The number of nitrogens with one attached hydrogen (secondary N) is 6. The number of rotatable bonds is 17. The van der Waals surface area contributed by atoms with Gasteiger partial charge < -0.3 is 46.7 Å². The Kier molecular flexibility index (Phi) is 19.1. The first-order valence-corrected chi connectivity index (χ1v) is 26.9. The van der Waals surface area contributed by atoms with Crippen molar-refractivity contribution in [3.05, 3.63) is 127 Å². The maximum absolute atomic E-state index is 15.1. The third kappa shape index (κ3) is 14.4. The van der Waals surface area contributed by atoms with Gasteiger partial charge in [-0.05, 0) is 68.2 Å². The molecule has 3 aromatic rings. The second kappa shape index (κ2) is 25.7. The summed E-state index contributed by atoms with van der Waals surface area (Å²) >= 11 is 5.97. The zero-order valence-electron chi connectivity index (χ0n) is 44.3. The summed E-state index contributed by atoms with van der Waals surface area (Å²) in [5.74, 6) is -10.6. The van der Waals surface area contributed by atoms with Crippen molar-refractivity contribution in [2.24, 2.45) is 23.7 Å². The van der Waals surface area contributed by atoms with Crippen LogP contribution in [-0.4, -0.2) is 139 Å². The average molecular weight is 1120 g/mol. The van der Waals surface area contributed by atoms with Gasteiger partial charge in [0.2, 0.25) is 47.5 Å². The Hall–Kier alpha value is -7.89. The third-order valence-electron chi connectivity index (χ3n) is 15.5. The first-order valence-electron chi connectivity index (χ1n) is 26.5. The van der Waals surface area contributed by atoms with Crippen LogP contribution in [0.5, 0.6) is 0 Å². The molecule has 2 saturated carbocycles. The van der Waals surface area contributed by atoms with E-state index in [1.165, 1.54) is 17.9 Å². The summed E-state index contributed by atoms with van der Waals surface area (Å²) in [5, 5.41) is 49.9. The number of carbonyl (C=O) groups excluding carboxylic acids is 8. The highest BCUT2D eigenvalue weighted by atomic mass is 35.5. The lowest BCUT2D eigenvalue weighted by Gasteiger charge is -2.34. The highest BCUT2D eigenvalue weighted by Crippen LogP contribution is 2.38. The van der Waals surface area contributed by atoms with E-state index in [1.54, 1.807) is 101 Å². The topological polar surface area (TPSA) is 333 Å². The highest BCUT2D eigenvalue weighted by Gasteiger charge is 2.52. The normalized spacial score (nSPS) is 28.9. The van der Waals surface area contributed by atoms with E-state index in [0.29, 0.717) is 22.3 Å². The summed E-state index contributed by atoms with van der Waals surface area (Å²) in [6.07, 6.45) is 1.64. The Morgan fingerprint density at radius 2 is 1.43 bits per heavy atom. The fraction of sp³-hybridized carbons (Fsp3) is 0.519. The van der Waals surface area contributed by atoms with Gasteiger partial charge in [0, 0.05) is 53.4 Å². The minimum Gasteiger partial charge on any atom is -0.458 e. The standard InChI is InChI=1S/C54H67ClN10O14/c1-6-14-32-22-42-54(73)79-30(5)46(61-49(68)38(24-35-26-41(35)65(77)78)57-50(69)39-19-20-43(55)63(39)74)52(71)58-36(21-31-15-10-8-11-16-31)47(66)56-37(23-34-25-40(34)64(75)76)48(67)60-45(29(4)33-17-12-9-13-18-33)51(70)59-44(28(3)7-2)53(72)62(42)27-32/h6,8-20,28-30,32,34-38,40-42,44-46,74H,7,21-27H2,1-5H3,(H,56,66)(H,57,69)(H,58,71)(H,59,70)(H,60,67)(H,61,68). The molecule has 3 heterocycles. The molecule has 25 heteroatoms. The number of hydrogen-bond donors (Lipinski definition) is 7. The van der Waals surface area contributed by atoms with Crippen LogP contribution < -0.4 is 31.9 Å². The van der Waals surface area contributed by atoms with E-state index < -0.39 is 153 Å². The second-order valence-corrected chi connectivity index (χ2v) is 21.5. The van der Waals surface area contributed by atoms with E-state index in [9.17, 15) is 54.2 Å². The molecule has 0 bridgehead atoms. The van der Waals surface area contributed by atoms with Crippen LogP contribution in [0.15, 0.2) is 84.9 Å². The molecule has 0 radical (unpaired) electrons. The molecule has 24 nitrogen and oxygen atoms in total. The average Bonchev–Trinajstić information content (AvgIpc) is 4.39. The molecule has 15 atom stereocenters. The molecule has 2 saturated heterocycles. The largest absolute Gasteiger partial charge is 0.458 e. The van der Waals surface area contributed by atoms with Gasteiger partial charge >= 0.3 is 5.97 Å². The lowest BCUT2D eigenvalue weighted by Crippen LogP contribution is -2.62. The van der Waals surface area contributed by atoms with Crippen molar-refractivity contribution in [2.45, 2.75) is 146 Å². The number of cyclic esters (lactones) is 1. The van der Waals surface area contributed by atoms with E-state index in [1.807, 2.05) is 0 Å². The van der Waals surface area contributed by atoms with E-state index in [-0.39, 0.29) is 50.2 Å². The molecule has 2 aliphatic heterocycles. The van der Waals surface area contributed by atoms with E-state index in [0.717, 1.165) is 6.07 Å². The van der Waals surface area contributed by atoms with Crippen molar-refractivity contribution >= 4 is 58.9 Å². The number of benzene rings is 2. The van der Waals surface area contributed by atoms with Crippen molar-refractivity contribution in [3.63, 3.8) is 0 Å². The fourth-order valence-electron chi connectivity index (χ4n) is 10.4. The first kappa shape index (κ1) is 58.8. The molecule has 2 aliphatic carbocycles. The maximum atomic E-state index is 15.1. The Bertz CT molecular complexity index is 2820. The Morgan fingerprint density at radius 1 is 0.823 bits per heavy atom. The monoisotopic (exact) mass is 1110 g/mol. The Morgan fingerprint density at radius 3 is 2.03 bits per heavy atom. The van der Waals surface area contributed by atoms with E-state index in [4.69, 9.17) is 16.3 Å². The SMILES string of the molecule is CC=CC1CC2C(=O)OC(C)C(NC(=O)C(CC3CC3[N+](=O)[O-])NC(=O)c3ccc(Cl)n3O)C(=O)NC(Cc3ccccc3)C(=O)NC(CC3CC3[N+](=O)[O-])C(=O)NC(C(C)c3ccccc3)C(=O)NC(C(C)CC)C(=O)N2C1. The molecule has 7 N–H and O–H groups in total. The quantitative estimate of drug-likeness (QED) is 0.0336. The van der Waals surface area contributed by atoms with Crippen LogP contribution in [0.2, 0.25) is 5.15 Å². The molecule has 2 aromatic carbocycles. The van der Waals surface area contributed by atoms with E-state index >= 15 is 9.59 Å². The molecule has 79 heavy (non-hydrogen) atoms. The van der Waals surface area contributed by atoms with Gasteiger partial charge in [0.1, 0.15) is 59.2 Å². The number of halogens is 1. The Labute approximate surface area is 460 Å². The van der Waals surface area contributed by atoms with Crippen LogP contribution in [0.25, 0.3) is 0 Å². The maximum Gasteiger partial charge on any atom is 0.329 e. The number of nitrogens with zero attached hydrogens (tertiary/aromatic N) is 4. The molecule has 4 aliphatic rings. The molecule has 7 rings (SSSR count). The fourth-order valence-corrected chi connectivity index (χ4v) is 10.6. The van der Waals surface area contributed by atoms with Gasteiger partial charge in [-0.15, -0.1) is 0 Å². The Balaban J connectivity index is 1.32. The van der Waals surface area contributed by atoms with Gasteiger partial charge in [-0.3, -0.25) is 53.8 Å². The number of fused-ring (bicyclic) bond motifs is 1. The minimum atomic E-state index is -1.92. The zero-order valence-corrected chi connectivity index (χ0v) is 45.1. The molecule has 4 fully saturated rings. The summed E-state index contributed by atoms with van der Waals surface area (Å²) in [7, 11) is 0. The predicted octanol–water partition coefficient (Wildman–Crippen LogP) is 2.84. The number of allylic oxidation sites excluding steroid dienone is 1. The predicted molar refractivity (Wildman–Crippen MR) is 283 cm³/mol. The van der Waals surface area contributed by atoms with Crippen LogP contribution in [0.3, 0.4) is 0 Å². The number of esters is 1. The summed E-state index contributed by atoms with van der Waals surface area (Å²) in [4.78, 5) is 142. The zero-order chi connectivity index (χ0) is 57.4. The van der Waals surface area contributed by atoms with E-state index in [2.05, 4.69) is 31.9 Å². The highest BCUT2D eigenvalue weighted by molar-refractivity contribution is 6.30. The molecular weight excluding hydrogens is 1050 g/mol. The smallest absolute Gasteiger partial charge is 0.329 e. The summed E-state index contributed by atoms with van der Waals surface area (Å²) in [5.41, 5.74) is 0.719. The number of amides is 7. The van der Waals surface area contributed by atoms with Crippen molar-refractivity contribution in [2.75, 3.05) is 6.54 Å². The van der Waals surface area contributed by atoms with Gasteiger partial charge in [-0.25, -0.2) is 4.79 Å². The third-order valence-corrected chi connectivity index (χ3v) is 15.8.